The number of aliphatic hydroxyl groups is 1. The normalized spacial score (nSPS) is 17.6. The first-order chi connectivity index (χ1) is 17.0. The fraction of sp³-hybridized carbons (Fsp3) is 0.594. The molecule has 1 fully saturated rings. The predicted octanol–water partition coefficient (Wildman–Crippen LogP) is 7.22. The molecule has 1 aliphatic rings. The fourth-order valence-corrected chi connectivity index (χ4v) is 5.42. The maximum Gasteiger partial charge on any atom is 0.306 e. The zero-order chi connectivity index (χ0) is 26.5. The summed E-state index contributed by atoms with van der Waals surface area (Å²) in [5.74, 6) is 0.731. The molecule has 2 unspecified atom stereocenters. The van der Waals surface area contributed by atoms with Crippen molar-refractivity contribution in [1.29, 1.82) is 0 Å². The molecule has 0 spiro atoms. The van der Waals surface area contributed by atoms with Gasteiger partial charge in [-0.3, -0.25) is 4.79 Å². The van der Waals surface area contributed by atoms with Crippen molar-refractivity contribution in [3.63, 3.8) is 0 Å². The molecule has 4 nitrogen and oxygen atoms in total. The van der Waals surface area contributed by atoms with Crippen LogP contribution in [0.2, 0.25) is 0 Å². The summed E-state index contributed by atoms with van der Waals surface area (Å²) < 4.78 is 11.5. The number of ether oxygens (including phenoxy) is 2. The van der Waals surface area contributed by atoms with Crippen molar-refractivity contribution in [2.45, 2.75) is 111 Å². The summed E-state index contributed by atoms with van der Waals surface area (Å²) in [6.45, 7) is 15.5. The Bertz CT molecular complexity index is 1030. The van der Waals surface area contributed by atoms with Gasteiger partial charge in [0.2, 0.25) is 0 Å². The van der Waals surface area contributed by atoms with Gasteiger partial charge in [0.15, 0.2) is 0 Å². The van der Waals surface area contributed by atoms with Gasteiger partial charge in [0, 0.05) is 11.8 Å². The van der Waals surface area contributed by atoms with Crippen molar-refractivity contribution in [2.75, 3.05) is 6.61 Å². The van der Waals surface area contributed by atoms with Crippen LogP contribution < -0.4 is 4.74 Å². The maximum absolute atomic E-state index is 11.6. The highest BCUT2D eigenvalue weighted by atomic mass is 16.6. The van der Waals surface area contributed by atoms with Crippen molar-refractivity contribution in [1.82, 2.24) is 0 Å². The largest absolute Gasteiger partial charge is 0.489 e. The lowest BCUT2D eigenvalue weighted by atomic mass is 9.69. The topological polar surface area (TPSA) is 55.8 Å². The molecule has 0 radical (unpaired) electrons. The lowest BCUT2D eigenvalue weighted by Crippen LogP contribution is -2.29. The van der Waals surface area contributed by atoms with Crippen molar-refractivity contribution in [2.24, 2.45) is 5.41 Å². The number of benzene rings is 2. The number of carbonyl (C=O) groups is 1. The van der Waals surface area contributed by atoms with Crippen molar-refractivity contribution >= 4 is 5.97 Å². The van der Waals surface area contributed by atoms with E-state index in [0.29, 0.717) is 13.0 Å². The van der Waals surface area contributed by atoms with E-state index in [9.17, 15) is 9.90 Å². The molecule has 2 atom stereocenters. The Balaban J connectivity index is 1.79. The standard InChI is InChI=1S/C32H46O4/c1-8-32(9-2,25-15-13-24(22(3)19-25)14-18-29(33)31(5,6)7)26-16-17-28(23(4)20-26)35-21-27-11-10-12-30(34)36-27/h13,15-17,19-20,27,29,33H,8-12,14,18,21H2,1-7H3. The minimum absolute atomic E-state index is 0.0730. The van der Waals surface area contributed by atoms with Gasteiger partial charge < -0.3 is 14.6 Å². The van der Waals surface area contributed by atoms with Crippen molar-refractivity contribution in [3.05, 3.63) is 64.2 Å². The summed E-state index contributed by atoms with van der Waals surface area (Å²) in [7, 11) is 0. The van der Waals surface area contributed by atoms with Crippen LogP contribution in [0.1, 0.15) is 101 Å². The SMILES string of the molecule is CCC(CC)(c1ccc(CCC(O)C(C)(C)C)c(C)c1)c1ccc(OCC2CCCC(=O)O2)c(C)c1. The van der Waals surface area contributed by atoms with Crippen molar-refractivity contribution < 1.29 is 19.4 Å². The predicted molar refractivity (Wildman–Crippen MR) is 147 cm³/mol. The lowest BCUT2D eigenvalue weighted by molar-refractivity contribution is -0.155. The Labute approximate surface area is 218 Å². The molecule has 198 valence electrons. The molecule has 36 heavy (non-hydrogen) atoms. The average Bonchev–Trinajstić information content (AvgIpc) is 2.83. The van der Waals surface area contributed by atoms with Crippen molar-refractivity contribution in [3.8, 4) is 5.75 Å². The Morgan fingerprint density at radius 2 is 1.67 bits per heavy atom. The Morgan fingerprint density at radius 1 is 1.03 bits per heavy atom. The molecule has 1 saturated heterocycles. The third kappa shape index (κ3) is 6.51. The second kappa shape index (κ2) is 11.8. The van der Waals surface area contributed by atoms with E-state index in [-0.39, 0.29) is 29.0 Å². The summed E-state index contributed by atoms with van der Waals surface area (Å²) in [6.07, 6.45) is 5.45. The second-order valence-electron chi connectivity index (χ2n) is 11.6. The highest BCUT2D eigenvalue weighted by Gasteiger charge is 2.32. The molecule has 2 aromatic carbocycles. The summed E-state index contributed by atoms with van der Waals surface area (Å²) in [4.78, 5) is 11.6. The van der Waals surface area contributed by atoms with E-state index in [1.54, 1.807) is 0 Å². The molecule has 0 aromatic heterocycles. The molecule has 1 heterocycles. The number of hydrogen-bond acceptors (Lipinski definition) is 4. The first-order valence-corrected chi connectivity index (χ1v) is 13.7. The summed E-state index contributed by atoms with van der Waals surface area (Å²) in [6, 6.07) is 13.4. The van der Waals surface area contributed by atoms with E-state index in [4.69, 9.17) is 9.47 Å². The zero-order valence-corrected chi connectivity index (χ0v) is 23.4. The van der Waals surface area contributed by atoms with Crippen LogP contribution in [-0.2, 0) is 21.4 Å². The Kier molecular flexibility index (Phi) is 9.27. The van der Waals surface area contributed by atoms with Gasteiger partial charge in [-0.05, 0) is 91.7 Å². The van der Waals surface area contributed by atoms with Gasteiger partial charge in [0.05, 0.1) is 6.10 Å². The van der Waals surface area contributed by atoms with Crippen LogP contribution in [0, 0.1) is 19.3 Å². The maximum atomic E-state index is 11.6. The Hall–Kier alpha value is -2.33. The van der Waals surface area contributed by atoms with Crippen LogP contribution in [0.25, 0.3) is 0 Å². The molecule has 0 bridgehead atoms. The summed E-state index contributed by atoms with van der Waals surface area (Å²) >= 11 is 0. The second-order valence-corrected chi connectivity index (χ2v) is 11.6. The molecule has 3 rings (SSSR count). The third-order valence-electron chi connectivity index (χ3n) is 8.15. The third-order valence-corrected chi connectivity index (χ3v) is 8.15. The molecule has 4 heteroatoms. The van der Waals surface area contributed by atoms with E-state index in [0.717, 1.165) is 49.8 Å². The number of cyclic esters (lactones) is 1. The molecule has 2 aromatic rings. The van der Waals surface area contributed by atoms with Gasteiger partial charge in [0.25, 0.3) is 0 Å². The van der Waals surface area contributed by atoms with E-state index < -0.39 is 0 Å². The van der Waals surface area contributed by atoms with Crippen LogP contribution in [0.3, 0.4) is 0 Å². The minimum Gasteiger partial charge on any atom is -0.489 e. The minimum atomic E-state index is -0.309. The molecular formula is C32H46O4. The van der Waals surface area contributed by atoms with Crippen LogP contribution in [0.15, 0.2) is 36.4 Å². The highest BCUT2D eigenvalue weighted by Crippen LogP contribution is 2.41. The molecule has 1 aliphatic heterocycles. The van der Waals surface area contributed by atoms with E-state index in [1.807, 2.05) is 0 Å². The van der Waals surface area contributed by atoms with E-state index in [1.165, 1.54) is 22.3 Å². The van der Waals surface area contributed by atoms with Gasteiger partial charge in [-0.25, -0.2) is 0 Å². The number of aliphatic hydroxyl groups excluding tert-OH is 1. The smallest absolute Gasteiger partial charge is 0.306 e. The van der Waals surface area contributed by atoms with Gasteiger partial charge in [-0.1, -0.05) is 65.0 Å². The average molecular weight is 495 g/mol. The van der Waals surface area contributed by atoms with E-state index >= 15 is 0 Å². The van der Waals surface area contributed by atoms with Gasteiger partial charge in [-0.2, -0.15) is 0 Å². The van der Waals surface area contributed by atoms with Gasteiger partial charge in [0.1, 0.15) is 18.5 Å². The number of carbonyl (C=O) groups excluding carboxylic acids is 1. The van der Waals surface area contributed by atoms with Crippen LogP contribution in [0.5, 0.6) is 5.75 Å². The number of aryl methyl sites for hydroxylation is 3. The monoisotopic (exact) mass is 494 g/mol. The molecule has 0 saturated carbocycles. The van der Waals surface area contributed by atoms with Gasteiger partial charge in [-0.15, -0.1) is 0 Å². The lowest BCUT2D eigenvalue weighted by Gasteiger charge is -2.34. The zero-order valence-electron chi connectivity index (χ0n) is 23.4. The van der Waals surface area contributed by atoms with Crippen LogP contribution >= 0.6 is 0 Å². The number of rotatable bonds is 10. The van der Waals surface area contributed by atoms with E-state index in [2.05, 4.69) is 84.9 Å². The van der Waals surface area contributed by atoms with Crippen LogP contribution in [-0.4, -0.2) is 29.9 Å². The quantitative estimate of drug-likeness (QED) is 0.354. The number of esters is 1. The molecular weight excluding hydrogens is 448 g/mol. The molecule has 0 amide bonds. The highest BCUT2D eigenvalue weighted by molar-refractivity contribution is 5.70. The summed E-state index contributed by atoms with van der Waals surface area (Å²) in [5, 5.41) is 10.5. The first-order valence-electron chi connectivity index (χ1n) is 13.7. The summed E-state index contributed by atoms with van der Waals surface area (Å²) in [5.41, 5.74) is 6.18. The Morgan fingerprint density at radius 3 is 2.22 bits per heavy atom. The molecule has 1 N–H and O–H groups in total. The van der Waals surface area contributed by atoms with Gasteiger partial charge >= 0.3 is 5.97 Å². The van der Waals surface area contributed by atoms with Crippen LogP contribution in [0.4, 0.5) is 0 Å². The fourth-order valence-electron chi connectivity index (χ4n) is 5.42. The molecule has 0 aliphatic carbocycles. The number of hydrogen-bond donors (Lipinski definition) is 1. The first kappa shape index (κ1) is 28.2.